The number of aryl methyl sites for hydroxylation is 2. The van der Waals surface area contributed by atoms with E-state index < -0.39 is 0 Å². The monoisotopic (exact) mass is 239 g/mol. The van der Waals surface area contributed by atoms with E-state index in [1.165, 1.54) is 0 Å². The van der Waals surface area contributed by atoms with Gasteiger partial charge in [-0.05, 0) is 19.8 Å². The highest BCUT2D eigenvalue weighted by atomic mass is 16.4. The van der Waals surface area contributed by atoms with Crippen molar-refractivity contribution in [3.05, 3.63) is 17.3 Å². The number of rotatable bonds is 6. The van der Waals surface area contributed by atoms with Gasteiger partial charge in [-0.1, -0.05) is 13.8 Å². The molecule has 1 aromatic rings. The van der Waals surface area contributed by atoms with Gasteiger partial charge >= 0.3 is 0 Å². The second-order valence-corrected chi connectivity index (χ2v) is 4.55. The number of carbonyl (C=O) groups excluding carboxylic acids is 1. The van der Waals surface area contributed by atoms with Crippen molar-refractivity contribution in [1.29, 1.82) is 0 Å². The van der Waals surface area contributed by atoms with Crippen LogP contribution >= 0.6 is 0 Å². The predicted molar refractivity (Wildman–Crippen MR) is 65.5 cm³/mol. The van der Waals surface area contributed by atoms with E-state index in [1.807, 2.05) is 13.8 Å². The van der Waals surface area contributed by atoms with Crippen LogP contribution in [-0.4, -0.2) is 24.0 Å². The maximum atomic E-state index is 11.4. The summed E-state index contributed by atoms with van der Waals surface area (Å²) in [6.07, 6.45) is 0. The molecule has 0 radical (unpaired) electrons. The van der Waals surface area contributed by atoms with Crippen molar-refractivity contribution in [3.8, 4) is 0 Å². The van der Waals surface area contributed by atoms with E-state index in [9.17, 15) is 4.79 Å². The highest BCUT2D eigenvalue weighted by Crippen LogP contribution is 2.07. The second-order valence-electron chi connectivity index (χ2n) is 4.55. The summed E-state index contributed by atoms with van der Waals surface area (Å²) >= 11 is 0. The molecule has 0 aliphatic heterocycles. The third-order valence-electron chi connectivity index (χ3n) is 2.34. The summed E-state index contributed by atoms with van der Waals surface area (Å²) in [4.78, 5) is 15.6. The average molecular weight is 239 g/mol. The summed E-state index contributed by atoms with van der Waals surface area (Å²) in [5.41, 5.74) is 0.894. The lowest BCUT2D eigenvalue weighted by Crippen LogP contribution is -2.35. The number of oxazole rings is 1. The van der Waals surface area contributed by atoms with E-state index in [2.05, 4.69) is 29.5 Å². The van der Waals surface area contributed by atoms with Crippen LogP contribution in [0.1, 0.15) is 31.2 Å². The summed E-state index contributed by atoms with van der Waals surface area (Å²) in [5, 5.41) is 5.83. The van der Waals surface area contributed by atoms with Crippen LogP contribution in [0.2, 0.25) is 0 Å². The van der Waals surface area contributed by atoms with Crippen LogP contribution in [0.15, 0.2) is 4.42 Å². The summed E-state index contributed by atoms with van der Waals surface area (Å²) < 4.78 is 5.39. The molecule has 0 bridgehead atoms. The van der Waals surface area contributed by atoms with Gasteiger partial charge in [-0.3, -0.25) is 10.1 Å². The fourth-order valence-corrected chi connectivity index (χ4v) is 1.28. The molecule has 5 nitrogen and oxygen atoms in total. The molecule has 2 N–H and O–H groups in total. The fraction of sp³-hybridized carbons (Fsp3) is 0.667. The quantitative estimate of drug-likeness (QED) is 0.781. The van der Waals surface area contributed by atoms with E-state index in [0.29, 0.717) is 24.9 Å². The zero-order valence-corrected chi connectivity index (χ0v) is 11.0. The highest BCUT2D eigenvalue weighted by Gasteiger charge is 2.06. The second kappa shape index (κ2) is 6.39. The average Bonchev–Trinajstić information content (AvgIpc) is 2.55. The van der Waals surface area contributed by atoms with E-state index >= 15 is 0 Å². The number of carbonyl (C=O) groups is 1. The van der Waals surface area contributed by atoms with Gasteiger partial charge in [0.05, 0.1) is 18.8 Å². The minimum atomic E-state index is -0.00120. The Labute approximate surface area is 102 Å². The van der Waals surface area contributed by atoms with Gasteiger partial charge in [0.15, 0.2) is 0 Å². The van der Waals surface area contributed by atoms with Crippen molar-refractivity contribution in [3.63, 3.8) is 0 Å². The molecule has 0 aliphatic carbocycles. The molecule has 0 aliphatic rings. The molecule has 0 unspecified atom stereocenters. The van der Waals surface area contributed by atoms with Gasteiger partial charge < -0.3 is 9.73 Å². The number of hydrogen-bond donors (Lipinski definition) is 2. The highest BCUT2D eigenvalue weighted by molar-refractivity contribution is 5.77. The Morgan fingerprint density at radius 1 is 1.41 bits per heavy atom. The molecule has 17 heavy (non-hydrogen) atoms. The summed E-state index contributed by atoms with van der Waals surface area (Å²) in [6, 6.07) is 0. The van der Waals surface area contributed by atoms with Gasteiger partial charge in [0.1, 0.15) is 5.76 Å². The molecule has 0 atom stereocenters. The van der Waals surface area contributed by atoms with Gasteiger partial charge in [0.2, 0.25) is 11.8 Å². The minimum Gasteiger partial charge on any atom is -0.444 e. The Bertz CT molecular complexity index is 352. The van der Waals surface area contributed by atoms with Crippen LogP contribution < -0.4 is 10.6 Å². The maximum absolute atomic E-state index is 11.4. The van der Waals surface area contributed by atoms with E-state index in [-0.39, 0.29) is 12.5 Å². The van der Waals surface area contributed by atoms with Crippen molar-refractivity contribution in [1.82, 2.24) is 15.6 Å². The number of aromatic nitrogens is 1. The molecule has 1 heterocycles. The van der Waals surface area contributed by atoms with Crippen molar-refractivity contribution >= 4 is 5.91 Å². The fourth-order valence-electron chi connectivity index (χ4n) is 1.28. The van der Waals surface area contributed by atoms with E-state index in [0.717, 1.165) is 11.5 Å². The number of nitrogens with one attached hydrogen (secondary N) is 2. The smallest absolute Gasteiger partial charge is 0.233 e. The summed E-state index contributed by atoms with van der Waals surface area (Å²) in [6.45, 7) is 9.37. The first kappa shape index (κ1) is 13.7. The Kier molecular flexibility index (Phi) is 5.15. The number of amides is 1. The lowest BCUT2D eigenvalue weighted by Gasteiger charge is -2.07. The SMILES string of the molecule is Cc1nc(CNCC(=O)NCC(C)C)oc1C. The van der Waals surface area contributed by atoms with Gasteiger partial charge in [0.25, 0.3) is 0 Å². The molecule has 0 saturated carbocycles. The van der Waals surface area contributed by atoms with Crippen LogP contribution in [0.4, 0.5) is 0 Å². The molecule has 0 saturated heterocycles. The van der Waals surface area contributed by atoms with E-state index in [1.54, 1.807) is 0 Å². The van der Waals surface area contributed by atoms with Crippen LogP contribution in [-0.2, 0) is 11.3 Å². The van der Waals surface area contributed by atoms with Crippen LogP contribution in [0.25, 0.3) is 0 Å². The van der Waals surface area contributed by atoms with Crippen LogP contribution in [0.5, 0.6) is 0 Å². The lowest BCUT2D eigenvalue weighted by molar-refractivity contribution is -0.120. The zero-order chi connectivity index (χ0) is 12.8. The first-order chi connectivity index (χ1) is 7.99. The summed E-state index contributed by atoms with van der Waals surface area (Å²) in [7, 11) is 0. The van der Waals surface area contributed by atoms with Crippen LogP contribution in [0.3, 0.4) is 0 Å². The van der Waals surface area contributed by atoms with Crippen molar-refractivity contribution in [2.45, 2.75) is 34.2 Å². The van der Waals surface area contributed by atoms with E-state index in [4.69, 9.17) is 4.42 Å². The molecule has 1 aromatic heterocycles. The molecular formula is C12H21N3O2. The first-order valence-electron chi connectivity index (χ1n) is 5.89. The Morgan fingerprint density at radius 2 is 2.12 bits per heavy atom. The zero-order valence-electron chi connectivity index (χ0n) is 11.0. The molecule has 0 fully saturated rings. The van der Waals surface area contributed by atoms with Gasteiger partial charge in [0, 0.05) is 6.54 Å². The molecule has 1 amide bonds. The van der Waals surface area contributed by atoms with Crippen molar-refractivity contribution < 1.29 is 9.21 Å². The van der Waals surface area contributed by atoms with Gasteiger partial charge in [-0.25, -0.2) is 4.98 Å². The molecule has 1 rings (SSSR count). The Balaban J connectivity index is 2.21. The largest absolute Gasteiger partial charge is 0.444 e. The maximum Gasteiger partial charge on any atom is 0.233 e. The van der Waals surface area contributed by atoms with Crippen molar-refractivity contribution in [2.75, 3.05) is 13.1 Å². The number of hydrogen-bond acceptors (Lipinski definition) is 4. The third-order valence-corrected chi connectivity index (χ3v) is 2.34. The van der Waals surface area contributed by atoms with Gasteiger partial charge in [-0.15, -0.1) is 0 Å². The molecule has 0 aromatic carbocycles. The minimum absolute atomic E-state index is 0.00120. The Morgan fingerprint density at radius 3 is 2.65 bits per heavy atom. The topological polar surface area (TPSA) is 67.2 Å². The Hall–Kier alpha value is -1.36. The lowest BCUT2D eigenvalue weighted by atomic mass is 10.2. The predicted octanol–water partition coefficient (Wildman–Crippen LogP) is 1.15. The number of nitrogens with zero attached hydrogens (tertiary/aromatic N) is 1. The molecule has 96 valence electrons. The third kappa shape index (κ3) is 4.99. The molecule has 0 spiro atoms. The molecular weight excluding hydrogens is 218 g/mol. The molecule has 5 heteroatoms. The normalized spacial score (nSPS) is 10.9. The summed E-state index contributed by atoms with van der Waals surface area (Å²) in [5.74, 6) is 1.91. The first-order valence-corrected chi connectivity index (χ1v) is 5.89. The van der Waals surface area contributed by atoms with Crippen LogP contribution in [0, 0.1) is 19.8 Å². The standard InChI is InChI=1S/C12H21N3O2/c1-8(2)5-14-11(16)6-13-7-12-15-9(3)10(4)17-12/h8,13H,5-7H2,1-4H3,(H,14,16). The van der Waals surface area contributed by atoms with Gasteiger partial charge in [-0.2, -0.15) is 0 Å². The van der Waals surface area contributed by atoms with Crippen molar-refractivity contribution in [2.24, 2.45) is 5.92 Å².